The number of thiazole rings is 1. The highest BCUT2D eigenvalue weighted by Gasteiger charge is 2.57. The molecule has 2 fully saturated rings. The molecule has 12 heteroatoms. The maximum Gasteiger partial charge on any atom is 0.308 e. The number of anilines is 1. The zero-order chi connectivity index (χ0) is 25.7. The van der Waals surface area contributed by atoms with Gasteiger partial charge in [-0.1, -0.05) is 23.1 Å². The number of rotatable bonds is 5. The Bertz CT molecular complexity index is 1410. The minimum absolute atomic E-state index is 0.135. The van der Waals surface area contributed by atoms with Crippen molar-refractivity contribution in [1.82, 2.24) is 9.47 Å². The number of fused-ring (bicyclic) bond motifs is 2. The first kappa shape index (κ1) is 24.0. The van der Waals surface area contributed by atoms with E-state index in [1.54, 1.807) is 48.4 Å². The van der Waals surface area contributed by atoms with Gasteiger partial charge >= 0.3 is 4.87 Å². The smallest absolute Gasteiger partial charge is 0.308 e. The normalized spacial score (nSPS) is 23.2. The van der Waals surface area contributed by atoms with Gasteiger partial charge in [-0.15, -0.1) is 0 Å². The van der Waals surface area contributed by atoms with Crippen LogP contribution in [0.3, 0.4) is 0 Å². The molecule has 37 heavy (non-hydrogen) atoms. The lowest BCUT2D eigenvalue weighted by atomic mass is 9.87. The molecule has 1 aromatic carbocycles. The predicted molar refractivity (Wildman–Crippen MR) is 135 cm³/mol. The SMILES string of the molecule is COc1ccc(N2C(=O)C3Sc4c(sc(=O)n4CC(=O)N4CCOCC4)C(c4ccco4)C3C2=O)cc1. The third-order valence-electron chi connectivity index (χ3n) is 6.89. The summed E-state index contributed by atoms with van der Waals surface area (Å²) in [5.74, 6) is -1.15. The lowest BCUT2D eigenvalue weighted by Gasteiger charge is -2.30. The number of furan rings is 1. The second-order valence-corrected chi connectivity index (χ2v) is 11.0. The molecule has 2 aromatic heterocycles. The number of morpholine rings is 1. The first-order chi connectivity index (χ1) is 18.0. The molecule has 3 amide bonds. The molecular weight excluding hydrogens is 518 g/mol. The summed E-state index contributed by atoms with van der Waals surface area (Å²) in [5.41, 5.74) is 0.451. The molecule has 10 nitrogen and oxygen atoms in total. The predicted octanol–water partition coefficient (Wildman–Crippen LogP) is 2.17. The fourth-order valence-corrected chi connectivity index (χ4v) is 7.82. The van der Waals surface area contributed by atoms with Gasteiger partial charge in [0.2, 0.25) is 17.7 Å². The summed E-state index contributed by atoms with van der Waals surface area (Å²) >= 11 is 2.18. The summed E-state index contributed by atoms with van der Waals surface area (Å²) in [7, 11) is 1.54. The maximum atomic E-state index is 13.8. The van der Waals surface area contributed by atoms with Crippen LogP contribution in [0.4, 0.5) is 5.69 Å². The number of thioether (sulfide) groups is 1. The van der Waals surface area contributed by atoms with Crippen LogP contribution < -0.4 is 14.5 Å². The van der Waals surface area contributed by atoms with Crippen LogP contribution in [0.5, 0.6) is 5.75 Å². The number of hydrogen-bond donors (Lipinski definition) is 0. The number of hydrogen-bond acceptors (Lipinski definition) is 9. The van der Waals surface area contributed by atoms with E-state index in [1.165, 1.54) is 27.5 Å². The van der Waals surface area contributed by atoms with Crippen molar-refractivity contribution < 1.29 is 28.3 Å². The van der Waals surface area contributed by atoms with Crippen LogP contribution in [0.15, 0.2) is 56.9 Å². The summed E-state index contributed by atoms with van der Waals surface area (Å²) in [6.45, 7) is 1.72. The molecule has 3 aliphatic rings. The van der Waals surface area contributed by atoms with Crippen LogP contribution >= 0.6 is 23.1 Å². The summed E-state index contributed by atoms with van der Waals surface area (Å²) in [4.78, 5) is 56.8. The van der Waals surface area contributed by atoms with Crippen molar-refractivity contribution in [2.75, 3.05) is 38.3 Å². The van der Waals surface area contributed by atoms with E-state index in [0.717, 1.165) is 11.3 Å². The van der Waals surface area contributed by atoms with E-state index in [0.29, 0.717) is 53.4 Å². The van der Waals surface area contributed by atoms with E-state index in [2.05, 4.69) is 0 Å². The van der Waals surface area contributed by atoms with Gasteiger partial charge < -0.3 is 18.8 Å². The van der Waals surface area contributed by atoms with Gasteiger partial charge in [0.1, 0.15) is 23.3 Å². The largest absolute Gasteiger partial charge is 0.497 e. The van der Waals surface area contributed by atoms with Crippen molar-refractivity contribution in [3.63, 3.8) is 0 Å². The number of nitrogens with zero attached hydrogens (tertiary/aromatic N) is 3. The lowest BCUT2D eigenvalue weighted by molar-refractivity contribution is -0.136. The Morgan fingerprint density at radius 1 is 1.08 bits per heavy atom. The van der Waals surface area contributed by atoms with Crippen molar-refractivity contribution in [3.05, 3.63) is 63.0 Å². The quantitative estimate of drug-likeness (QED) is 0.452. The lowest BCUT2D eigenvalue weighted by Crippen LogP contribution is -2.43. The van der Waals surface area contributed by atoms with Gasteiger partial charge in [-0.25, -0.2) is 4.90 Å². The van der Waals surface area contributed by atoms with Crippen LogP contribution in [0.2, 0.25) is 0 Å². The van der Waals surface area contributed by atoms with Crippen molar-refractivity contribution in [3.8, 4) is 5.75 Å². The zero-order valence-corrected chi connectivity index (χ0v) is 21.5. The summed E-state index contributed by atoms with van der Waals surface area (Å²) < 4.78 is 17.7. The van der Waals surface area contributed by atoms with Gasteiger partial charge in [-0.3, -0.25) is 23.7 Å². The maximum absolute atomic E-state index is 13.8. The fraction of sp³-hybridized carbons (Fsp3) is 0.360. The third-order valence-corrected chi connectivity index (χ3v) is 9.49. The first-order valence-corrected chi connectivity index (χ1v) is 13.5. The molecule has 3 atom stereocenters. The Morgan fingerprint density at radius 2 is 1.84 bits per heavy atom. The van der Waals surface area contributed by atoms with E-state index < -0.39 is 17.1 Å². The van der Waals surface area contributed by atoms with E-state index in [4.69, 9.17) is 13.9 Å². The summed E-state index contributed by atoms with van der Waals surface area (Å²) in [6, 6.07) is 10.2. The summed E-state index contributed by atoms with van der Waals surface area (Å²) in [6.07, 6.45) is 1.51. The topological polar surface area (TPSA) is 111 Å². The van der Waals surface area contributed by atoms with Crippen molar-refractivity contribution in [1.29, 1.82) is 0 Å². The minimum atomic E-state index is -0.768. The summed E-state index contributed by atoms with van der Waals surface area (Å²) in [5, 5.41) is -0.229. The number of aromatic nitrogens is 1. The van der Waals surface area contributed by atoms with Gasteiger partial charge in [-0.2, -0.15) is 0 Å². The Kier molecular flexibility index (Phi) is 6.17. The Morgan fingerprint density at radius 3 is 2.51 bits per heavy atom. The molecule has 2 saturated heterocycles. The zero-order valence-electron chi connectivity index (χ0n) is 19.8. The van der Waals surface area contributed by atoms with Gasteiger partial charge in [0, 0.05) is 13.1 Å². The van der Waals surface area contributed by atoms with Crippen LogP contribution in [-0.4, -0.2) is 65.9 Å². The molecule has 3 aromatic rings. The standard InChI is InChI=1S/C25H23N3O7S2/c1-33-15-6-4-14(5-7-15)28-22(30)19-18(16-3-2-10-35-16)21-24(36-20(19)23(28)31)27(25(32)37-21)13-17(29)26-8-11-34-12-9-26/h2-7,10,18-20H,8-9,11-13H2,1H3. The Hall–Kier alpha value is -3.35. The highest BCUT2D eigenvalue weighted by Crippen LogP contribution is 2.54. The van der Waals surface area contributed by atoms with E-state index in [-0.39, 0.29) is 29.1 Å². The average molecular weight is 542 g/mol. The van der Waals surface area contributed by atoms with Gasteiger partial charge in [0.15, 0.2) is 0 Å². The molecule has 0 bridgehead atoms. The Labute approximate surface area is 219 Å². The highest BCUT2D eigenvalue weighted by atomic mass is 32.2. The molecule has 0 aliphatic carbocycles. The molecule has 192 valence electrons. The number of methoxy groups -OCH3 is 1. The van der Waals surface area contributed by atoms with Gasteiger partial charge in [0.05, 0.1) is 54.0 Å². The van der Waals surface area contributed by atoms with E-state index in [1.807, 2.05) is 0 Å². The molecule has 0 N–H and O–H groups in total. The van der Waals surface area contributed by atoms with Crippen LogP contribution in [-0.2, 0) is 25.7 Å². The number of ether oxygens (including phenoxy) is 2. The molecule has 3 aliphatic heterocycles. The fourth-order valence-electron chi connectivity index (χ4n) is 5.06. The number of carbonyl (C=O) groups is 3. The van der Waals surface area contributed by atoms with E-state index in [9.17, 15) is 19.2 Å². The van der Waals surface area contributed by atoms with Crippen molar-refractivity contribution >= 4 is 46.5 Å². The van der Waals surface area contributed by atoms with Crippen molar-refractivity contribution in [2.45, 2.75) is 22.7 Å². The molecule has 3 unspecified atom stereocenters. The van der Waals surface area contributed by atoms with Crippen LogP contribution in [0.25, 0.3) is 0 Å². The second-order valence-electron chi connectivity index (χ2n) is 8.88. The molecule has 5 heterocycles. The minimum Gasteiger partial charge on any atom is -0.497 e. The van der Waals surface area contributed by atoms with Crippen molar-refractivity contribution in [2.24, 2.45) is 5.92 Å². The number of benzene rings is 1. The van der Waals surface area contributed by atoms with Gasteiger partial charge in [0.25, 0.3) is 0 Å². The number of imide groups is 1. The molecular formula is C25H23N3O7S2. The number of amides is 3. The molecule has 6 rings (SSSR count). The first-order valence-electron chi connectivity index (χ1n) is 11.8. The second kappa shape index (κ2) is 9.51. The van der Waals surface area contributed by atoms with Crippen LogP contribution in [0, 0.1) is 5.92 Å². The molecule has 0 spiro atoms. The Balaban J connectivity index is 1.39. The highest BCUT2D eigenvalue weighted by molar-refractivity contribution is 8.00. The van der Waals surface area contributed by atoms with Crippen LogP contribution in [0.1, 0.15) is 16.6 Å². The third kappa shape index (κ3) is 3.99. The monoisotopic (exact) mass is 541 g/mol. The average Bonchev–Trinajstić information content (AvgIpc) is 3.62. The van der Waals surface area contributed by atoms with Gasteiger partial charge in [-0.05, 0) is 36.4 Å². The van der Waals surface area contributed by atoms with E-state index >= 15 is 0 Å². The molecule has 0 radical (unpaired) electrons. The number of carbonyl (C=O) groups excluding carboxylic acids is 3. The molecule has 0 saturated carbocycles.